The molecule has 0 radical (unpaired) electrons. The highest BCUT2D eigenvalue weighted by Crippen LogP contribution is 2.16. The third-order valence-corrected chi connectivity index (χ3v) is 3.55. The van der Waals surface area contributed by atoms with E-state index >= 15 is 0 Å². The second-order valence-corrected chi connectivity index (χ2v) is 5.51. The van der Waals surface area contributed by atoms with Crippen LogP contribution in [-0.2, 0) is 0 Å². The Bertz CT molecular complexity index is 396. The summed E-state index contributed by atoms with van der Waals surface area (Å²) in [5, 5.41) is 12.2. The fourth-order valence-corrected chi connectivity index (χ4v) is 1.82. The molecule has 0 saturated heterocycles. The predicted molar refractivity (Wildman–Crippen MR) is 72.5 cm³/mol. The van der Waals surface area contributed by atoms with Crippen molar-refractivity contribution in [1.82, 2.24) is 5.32 Å². The van der Waals surface area contributed by atoms with Gasteiger partial charge in [-0.25, -0.2) is 0 Å². The van der Waals surface area contributed by atoms with E-state index in [-0.39, 0.29) is 12.5 Å². The van der Waals surface area contributed by atoms with Gasteiger partial charge in [0.2, 0.25) is 0 Å². The third-order valence-electron chi connectivity index (χ3n) is 2.12. The van der Waals surface area contributed by atoms with Gasteiger partial charge >= 0.3 is 0 Å². The summed E-state index contributed by atoms with van der Waals surface area (Å²) in [7, 11) is 0. The highest BCUT2D eigenvalue weighted by Gasteiger charge is 2.16. The molecule has 0 aliphatic heterocycles. The van der Waals surface area contributed by atoms with Gasteiger partial charge in [-0.05, 0) is 55.0 Å². The zero-order valence-electron chi connectivity index (χ0n) is 9.67. The van der Waals surface area contributed by atoms with E-state index in [2.05, 4.69) is 27.9 Å². The van der Waals surface area contributed by atoms with Crippen LogP contribution in [0, 0.1) is 10.5 Å². The van der Waals surface area contributed by atoms with Gasteiger partial charge in [0.05, 0.1) is 11.2 Å². The molecule has 0 bridgehead atoms. The monoisotopic (exact) mass is 333 g/mol. The van der Waals surface area contributed by atoms with Crippen molar-refractivity contribution in [3.05, 3.63) is 32.9 Å². The minimum atomic E-state index is -0.884. The number of amides is 1. The Morgan fingerprint density at radius 3 is 2.69 bits per heavy atom. The van der Waals surface area contributed by atoms with Gasteiger partial charge in [-0.15, -0.1) is 0 Å². The lowest BCUT2D eigenvalue weighted by atomic mass is 10.1. The first-order chi connectivity index (χ1) is 7.31. The van der Waals surface area contributed by atoms with E-state index in [4.69, 9.17) is 0 Å². The average molecular weight is 333 g/mol. The average Bonchev–Trinajstić information content (AvgIpc) is 2.17. The molecule has 0 unspecified atom stereocenters. The Balaban J connectivity index is 2.78. The van der Waals surface area contributed by atoms with E-state index in [0.717, 1.165) is 9.13 Å². The summed E-state index contributed by atoms with van der Waals surface area (Å²) in [4.78, 5) is 11.8. The lowest BCUT2D eigenvalue weighted by Gasteiger charge is -2.18. The molecular formula is C12H16INO2. The molecule has 0 aliphatic rings. The summed E-state index contributed by atoms with van der Waals surface area (Å²) in [6, 6.07) is 5.61. The lowest BCUT2D eigenvalue weighted by molar-refractivity contribution is 0.0694. The van der Waals surface area contributed by atoms with Crippen LogP contribution >= 0.6 is 22.6 Å². The van der Waals surface area contributed by atoms with Crippen LogP contribution in [0.5, 0.6) is 0 Å². The van der Waals surface area contributed by atoms with E-state index in [0.29, 0.717) is 5.56 Å². The Morgan fingerprint density at radius 2 is 2.12 bits per heavy atom. The van der Waals surface area contributed by atoms with E-state index in [1.165, 1.54) is 0 Å². The van der Waals surface area contributed by atoms with E-state index in [1.807, 2.05) is 19.1 Å². The minimum Gasteiger partial charge on any atom is -0.389 e. The van der Waals surface area contributed by atoms with Crippen LogP contribution < -0.4 is 5.32 Å². The van der Waals surface area contributed by atoms with Crippen molar-refractivity contribution < 1.29 is 9.90 Å². The van der Waals surface area contributed by atoms with Crippen molar-refractivity contribution in [2.45, 2.75) is 26.4 Å². The van der Waals surface area contributed by atoms with Crippen LogP contribution in [0.25, 0.3) is 0 Å². The number of hydrogen-bond acceptors (Lipinski definition) is 2. The van der Waals surface area contributed by atoms with Crippen LogP contribution in [-0.4, -0.2) is 23.2 Å². The zero-order valence-corrected chi connectivity index (χ0v) is 11.8. The zero-order chi connectivity index (χ0) is 12.3. The summed E-state index contributed by atoms with van der Waals surface area (Å²) >= 11 is 2.16. The Labute approximate surface area is 109 Å². The molecule has 16 heavy (non-hydrogen) atoms. The van der Waals surface area contributed by atoms with Gasteiger partial charge in [-0.3, -0.25) is 4.79 Å². The van der Waals surface area contributed by atoms with Gasteiger partial charge in [0, 0.05) is 10.1 Å². The van der Waals surface area contributed by atoms with Gasteiger partial charge in [0.25, 0.3) is 5.91 Å². The number of carbonyl (C=O) groups excluding carboxylic acids is 1. The molecule has 0 spiro atoms. The lowest BCUT2D eigenvalue weighted by Crippen LogP contribution is -2.38. The van der Waals surface area contributed by atoms with E-state index < -0.39 is 5.60 Å². The number of nitrogens with one attached hydrogen (secondary N) is 1. The summed E-state index contributed by atoms with van der Waals surface area (Å²) < 4.78 is 0.952. The van der Waals surface area contributed by atoms with Crippen molar-refractivity contribution >= 4 is 28.5 Å². The highest BCUT2D eigenvalue weighted by molar-refractivity contribution is 14.1. The number of benzene rings is 1. The normalized spacial score (nSPS) is 11.3. The maximum absolute atomic E-state index is 11.8. The fourth-order valence-electron chi connectivity index (χ4n) is 1.21. The molecule has 3 nitrogen and oxygen atoms in total. The van der Waals surface area contributed by atoms with Crippen LogP contribution in [0.2, 0.25) is 0 Å². The molecular weight excluding hydrogens is 317 g/mol. The molecule has 0 fully saturated rings. The molecule has 0 atom stereocenters. The molecule has 1 aromatic carbocycles. The Kier molecular flexibility index (Phi) is 4.32. The molecule has 0 saturated carbocycles. The smallest absolute Gasteiger partial charge is 0.252 e. The predicted octanol–water partition coefficient (Wildman–Crippen LogP) is 2.10. The second kappa shape index (κ2) is 5.14. The number of halogens is 1. The standard InChI is InChI=1S/C12H16INO2/c1-8-5-4-6-9(10(8)13)11(15)14-7-12(2,3)16/h4-6,16H,7H2,1-3H3,(H,14,15). The third kappa shape index (κ3) is 3.75. The Morgan fingerprint density at radius 1 is 1.50 bits per heavy atom. The number of carbonyl (C=O) groups is 1. The van der Waals surface area contributed by atoms with Crippen molar-refractivity contribution in [2.24, 2.45) is 0 Å². The highest BCUT2D eigenvalue weighted by atomic mass is 127. The van der Waals surface area contributed by atoms with Crippen LogP contribution in [0.15, 0.2) is 18.2 Å². The molecule has 1 aromatic rings. The molecule has 0 heterocycles. The van der Waals surface area contributed by atoms with Crippen molar-refractivity contribution in [3.8, 4) is 0 Å². The van der Waals surface area contributed by atoms with E-state index in [9.17, 15) is 9.90 Å². The molecule has 88 valence electrons. The molecule has 4 heteroatoms. The van der Waals surface area contributed by atoms with E-state index in [1.54, 1.807) is 19.9 Å². The summed E-state index contributed by atoms with van der Waals surface area (Å²) in [6.07, 6.45) is 0. The molecule has 1 rings (SSSR count). The number of rotatable bonds is 3. The van der Waals surface area contributed by atoms with Crippen LogP contribution in [0.1, 0.15) is 29.8 Å². The first-order valence-electron chi connectivity index (χ1n) is 5.07. The van der Waals surface area contributed by atoms with Crippen molar-refractivity contribution in [3.63, 3.8) is 0 Å². The largest absolute Gasteiger partial charge is 0.389 e. The summed E-state index contributed by atoms with van der Waals surface area (Å²) in [6.45, 7) is 5.54. The number of hydrogen-bond donors (Lipinski definition) is 2. The van der Waals surface area contributed by atoms with Gasteiger partial charge < -0.3 is 10.4 Å². The van der Waals surface area contributed by atoms with Gasteiger partial charge in [0.1, 0.15) is 0 Å². The summed E-state index contributed by atoms with van der Waals surface area (Å²) in [5.41, 5.74) is 0.853. The van der Waals surface area contributed by atoms with Gasteiger partial charge in [0.15, 0.2) is 0 Å². The number of aryl methyl sites for hydroxylation is 1. The van der Waals surface area contributed by atoms with Crippen molar-refractivity contribution in [1.29, 1.82) is 0 Å². The number of aliphatic hydroxyl groups is 1. The maximum atomic E-state index is 11.8. The molecule has 0 aromatic heterocycles. The first-order valence-corrected chi connectivity index (χ1v) is 6.15. The second-order valence-electron chi connectivity index (χ2n) is 4.43. The maximum Gasteiger partial charge on any atom is 0.252 e. The SMILES string of the molecule is Cc1cccc(C(=O)NCC(C)(C)O)c1I. The molecule has 2 N–H and O–H groups in total. The van der Waals surface area contributed by atoms with Gasteiger partial charge in [-0.1, -0.05) is 12.1 Å². The fraction of sp³-hybridized carbons (Fsp3) is 0.417. The molecule has 1 amide bonds. The minimum absolute atomic E-state index is 0.143. The molecule has 0 aliphatic carbocycles. The van der Waals surface area contributed by atoms with Crippen molar-refractivity contribution in [2.75, 3.05) is 6.54 Å². The van der Waals surface area contributed by atoms with Gasteiger partial charge in [-0.2, -0.15) is 0 Å². The quantitative estimate of drug-likeness (QED) is 0.833. The van der Waals surface area contributed by atoms with Crippen LogP contribution in [0.4, 0.5) is 0 Å². The first kappa shape index (κ1) is 13.4. The summed E-state index contributed by atoms with van der Waals surface area (Å²) in [5.74, 6) is -0.143. The Hall–Kier alpha value is -0.620. The topological polar surface area (TPSA) is 49.3 Å². The van der Waals surface area contributed by atoms with Crippen LogP contribution in [0.3, 0.4) is 0 Å².